The van der Waals surface area contributed by atoms with Crippen LogP contribution in [-0.2, 0) is 13.0 Å². The van der Waals surface area contributed by atoms with Gasteiger partial charge in [-0.3, -0.25) is 4.68 Å². The van der Waals surface area contributed by atoms with Gasteiger partial charge in [-0.25, -0.2) is 0 Å². The summed E-state index contributed by atoms with van der Waals surface area (Å²) in [6, 6.07) is 0. The van der Waals surface area contributed by atoms with Crippen LogP contribution in [0.3, 0.4) is 0 Å². The Balaban J connectivity index is 2.32. The van der Waals surface area contributed by atoms with E-state index in [1.165, 1.54) is 29.8 Å². The number of nitrogens with zero attached hydrogens (tertiary/aromatic N) is 2. The van der Waals surface area contributed by atoms with Gasteiger partial charge in [-0.2, -0.15) is 5.10 Å². The van der Waals surface area contributed by atoms with E-state index in [2.05, 4.69) is 32.4 Å². The molecule has 1 aromatic heterocycles. The summed E-state index contributed by atoms with van der Waals surface area (Å²) in [5.41, 5.74) is 4.19. The van der Waals surface area contributed by atoms with Gasteiger partial charge in [0.2, 0.25) is 0 Å². The number of aromatic nitrogens is 2. The van der Waals surface area contributed by atoms with E-state index in [4.69, 9.17) is 5.10 Å². The van der Waals surface area contributed by atoms with Gasteiger partial charge in [0, 0.05) is 12.2 Å². The topological polar surface area (TPSA) is 17.8 Å². The van der Waals surface area contributed by atoms with Crippen molar-refractivity contribution in [2.45, 2.75) is 59.4 Å². The molecule has 0 aromatic carbocycles. The lowest BCUT2D eigenvalue weighted by Crippen LogP contribution is -2.07. The summed E-state index contributed by atoms with van der Waals surface area (Å²) in [6.07, 6.45) is 3.92. The lowest BCUT2D eigenvalue weighted by molar-refractivity contribution is 0.537. The number of rotatable bonds is 4. The van der Waals surface area contributed by atoms with Crippen LogP contribution in [0.25, 0.3) is 0 Å². The third kappa shape index (κ3) is 2.09. The second-order valence-electron chi connectivity index (χ2n) is 5.08. The molecule has 0 spiro atoms. The van der Waals surface area contributed by atoms with E-state index in [1.807, 2.05) is 0 Å². The lowest BCUT2D eigenvalue weighted by Gasteiger charge is -2.09. The first-order valence-corrected chi connectivity index (χ1v) is 6.19. The van der Waals surface area contributed by atoms with E-state index in [1.54, 1.807) is 0 Å². The molecule has 0 saturated heterocycles. The average molecular weight is 206 g/mol. The maximum atomic E-state index is 4.70. The van der Waals surface area contributed by atoms with Gasteiger partial charge in [0.1, 0.15) is 0 Å². The molecular formula is C13H22N2. The lowest BCUT2D eigenvalue weighted by atomic mass is 10.00. The molecule has 0 aliphatic heterocycles. The van der Waals surface area contributed by atoms with Crippen molar-refractivity contribution in [3.8, 4) is 0 Å². The Bertz CT molecular complexity index is 346. The van der Waals surface area contributed by atoms with Crippen molar-refractivity contribution in [1.29, 1.82) is 0 Å². The Labute approximate surface area is 92.7 Å². The summed E-state index contributed by atoms with van der Waals surface area (Å²) in [7, 11) is 0. The molecule has 0 unspecified atom stereocenters. The zero-order valence-electron chi connectivity index (χ0n) is 10.4. The van der Waals surface area contributed by atoms with E-state index in [0.29, 0.717) is 5.92 Å². The second kappa shape index (κ2) is 3.99. The summed E-state index contributed by atoms with van der Waals surface area (Å²) in [5, 5.41) is 4.70. The van der Waals surface area contributed by atoms with Crippen molar-refractivity contribution in [3.63, 3.8) is 0 Å². The van der Waals surface area contributed by atoms with Crippen LogP contribution < -0.4 is 0 Å². The third-order valence-electron chi connectivity index (χ3n) is 3.32. The predicted molar refractivity (Wildman–Crippen MR) is 63.2 cm³/mol. The van der Waals surface area contributed by atoms with Crippen molar-refractivity contribution in [2.24, 2.45) is 5.92 Å². The van der Waals surface area contributed by atoms with Crippen LogP contribution in [0.15, 0.2) is 0 Å². The van der Waals surface area contributed by atoms with Crippen LogP contribution >= 0.6 is 0 Å². The van der Waals surface area contributed by atoms with Crippen LogP contribution in [0, 0.1) is 12.8 Å². The summed E-state index contributed by atoms with van der Waals surface area (Å²) in [5.74, 6) is 1.52. The largest absolute Gasteiger partial charge is 0.269 e. The molecule has 84 valence electrons. The van der Waals surface area contributed by atoms with E-state index in [9.17, 15) is 0 Å². The number of aryl methyl sites for hydroxylation is 1. The minimum atomic E-state index is 0.605. The van der Waals surface area contributed by atoms with Crippen molar-refractivity contribution in [1.82, 2.24) is 9.78 Å². The highest BCUT2D eigenvalue weighted by molar-refractivity contribution is 5.28. The molecule has 15 heavy (non-hydrogen) atoms. The molecule has 0 radical (unpaired) electrons. The molecule has 2 rings (SSSR count). The van der Waals surface area contributed by atoms with Gasteiger partial charge in [-0.05, 0) is 43.6 Å². The van der Waals surface area contributed by atoms with Gasteiger partial charge < -0.3 is 0 Å². The van der Waals surface area contributed by atoms with Crippen molar-refractivity contribution >= 4 is 0 Å². The average Bonchev–Trinajstić information content (AvgIpc) is 2.89. The van der Waals surface area contributed by atoms with Gasteiger partial charge in [0.15, 0.2) is 0 Å². The highest BCUT2D eigenvalue weighted by Crippen LogP contribution is 2.32. The Morgan fingerprint density at radius 1 is 1.40 bits per heavy atom. The fraction of sp³-hybridized carbons (Fsp3) is 0.769. The van der Waals surface area contributed by atoms with E-state index >= 15 is 0 Å². The monoisotopic (exact) mass is 206 g/mol. The predicted octanol–water partition coefficient (Wildman–Crippen LogP) is 3.29. The number of hydrogen-bond acceptors (Lipinski definition) is 1. The molecule has 1 saturated carbocycles. The van der Waals surface area contributed by atoms with Crippen molar-refractivity contribution in [2.75, 3.05) is 0 Å². The van der Waals surface area contributed by atoms with Crippen LogP contribution in [0.5, 0.6) is 0 Å². The zero-order valence-corrected chi connectivity index (χ0v) is 10.4. The van der Waals surface area contributed by atoms with Crippen molar-refractivity contribution in [3.05, 3.63) is 17.0 Å². The minimum Gasteiger partial charge on any atom is -0.269 e. The fourth-order valence-corrected chi connectivity index (χ4v) is 2.46. The normalized spacial score (nSPS) is 16.3. The van der Waals surface area contributed by atoms with E-state index < -0.39 is 0 Å². The first-order chi connectivity index (χ1) is 7.13. The Morgan fingerprint density at radius 3 is 2.53 bits per heavy atom. The van der Waals surface area contributed by atoms with Gasteiger partial charge in [0.05, 0.1) is 5.69 Å². The van der Waals surface area contributed by atoms with Gasteiger partial charge >= 0.3 is 0 Å². The minimum absolute atomic E-state index is 0.605. The van der Waals surface area contributed by atoms with Crippen molar-refractivity contribution < 1.29 is 0 Å². The zero-order chi connectivity index (χ0) is 11.0. The molecule has 0 amide bonds. The smallest absolute Gasteiger partial charge is 0.0631 e. The maximum Gasteiger partial charge on any atom is 0.0631 e. The summed E-state index contributed by atoms with van der Waals surface area (Å²) < 4.78 is 2.27. The molecule has 2 nitrogen and oxygen atoms in total. The standard InChI is InChI=1S/C13H22N2/c1-5-12-13(9(2)3)10(4)14-15(12)8-11-6-7-11/h9,11H,5-8H2,1-4H3. The van der Waals surface area contributed by atoms with Crippen LogP contribution in [-0.4, -0.2) is 9.78 Å². The fourth-order valence-electron chi connectivity index (χ4n) is 2.46. The molecule has 2 heteroatoms. The highest BCUT2D eigenvalue weighted by Gasteiger charge is 2.25. The molecule has 0 bridgehead atoms. The SMILES string of the molecule is CCc1c(C(C)C)c(C)nn1CC1CC1. The first kappa shape index (κ1) is 10.7. The Morgan fingerprint density at radius 2 is 2.07 bits per heavy atom. The van der Waals surface area contributed by atoms with E-state index in [-0.39, 0.29) is 0 Å². The summed E-state index contributed by atoms with van der Waals surface area (Å²) >= 11 is 0. The summed E-state index contributed by atoms with van der Waals surface area (Å²) in [6.45, 7) is 10.1. The molecule has 1 aliphatic rings. The number of hydrogen-bond donors (Lipinski definition) is 0. The Hall–Kier alpha value is -0.790. The molecule has 0 atom stereocenters. The molecule has 0 N–H and O–H groups in total. The van der Waals surface area contributed by atoms with Crippen LogP contribution in [0.2, 0.25) is 0 Å². The molecule has 1 heterocycles. The molecule has 1 aromatic rings. The maximum absolute atomic E-state index is 4.70. The summed E-state index contributed by atoms with van der Waals surface area (Å²) in [4.78, 5) is 0. The van der Waals surface area contributed by atoms with Gasteiger partial charge in [0.25, 0.3) is 0 Å². The third-order valence-corrected chi connectivity index (χ3v) is 3.32. The first-order valence-electron chi connectivity index (χ1n) is 6.19. The second-order valence-corrected chi connectivity index (χ2v) is 5.08. The molecule has 1 aliphatic carbocycles. The van der Waals surface area contributed by atoms with Crippen LogP contribution in [0.1, 0.15) is 56.5 Å². The van der Waals surface area contributed by atoms with Gasteiger partial charge in [-0.15, -0.1) is 0 Å². The van der Waals surface area contributed by atoms with Crippen LogP contribution in [0.4, 0.5) is 0 Å². The van der Waals surface area contributed by atoms with E-state index in [0.717, 1.165) is 18.9 Å². The molecular weight excluding hydrogens is 184 g/mol. The Kier molecular flexibility index (Phi) is 2.85. The quantitative estimate of drug-likeness (QED) is 0.739. The van der Waals surface area contributed by atoms with Gasteiger partial charge in [-0.1, -0.05) is 20.8 Å². The highest BCUT2D eigenvalue weighted by atomic mass is 15.3. The molecule has 1 fully saturated rings.